The molecule has 1 aromatic rings. The molecule has 0 saturated carbocycles. The highest BCUT2D eigenvalue weighted by atomic mass is 16.5. The maximum Gasteiger partial charge on any atom is 0.119 e. The summed E-state index contributed by atoms with van der Waals surface area (Å²) in [4.78, 5) is 0. The molecule has 1 aromatic carbocycles. The van der Waals surface area contributed by atoms with Crippen molar-refractivity contribution in [1.29, 1.82) is 0 Å². The van der Waals surface area contributed by atoms with E-state index in [0.717, 1.165) is 31.7 Å². The van der Waals surface area contributed by atoms with Gasteiger partial charge in [-0.3, -0.25) is 0 Å². The van der Waals surface area contributed by atoms with Gasteiger partial charge in [0.2, 0.25) is 0 Å². The molecule has 1 aliphatic rings. The Morgan fingerprint density at radius 1 is 1.33 bits per heavy atom. The first-order valence-electron chi connectivity index (χ1n) is 6.71. The fraction of sp³-hybridized carbons (Fsp3) is 0.600. The molecule has 0 spiro atoms. The summed E-state index contributed by atoms with van der Waals surface area (Å²) in [7, 11) is 0. The zero-order chi connectivity index (χ0) is 12.8. The molecule has 0 aromatic heterocycles. The van der Waals surface area contributed by atoms with E-state index in [1.165, 1.54) is 0 Å². The van der Waals surface area contributed by atoms with Crippen molar-refractivity contribution in [2.75, 3.05) is 19.8 Å². The first kappa shape index (κ1) is 13.4. The van der Waals surface area contributed by atoms with Crippen LogP contribution in [0.3, 0.4) is 0 Å². The van der Waals surface area contributed by atoms with E-state index in [0.29, 0.717) is 12.6 Å². The predicted molar refractivity (Wildman–Crippen MR) is 73.0 cm³/mol. The minimum atomic E-state index is 0.0101. The second-order valence-electron chi connectivity index (χ2n) is 5.41. The van der Waals surface area contributed by atoms with Crippen LogP contribution in [0, 0.1) is 0 Å². The molecule has 3 nitrogen and oxygen atoms in total. The van der Waals surface area contributed by atoms with E-state index in [1.54, 1.807) is 0 Å². The summed E-state index contributed by atoms with van der Waals surface area (Å²) >= 11 is 0. The molecule has 0 radical (unpaired) electrons. The Balaban J connectivity index is 1.64. The van der Waals surface area contributed by atoms with Crippen LogP contribution in [0.1, 0.15) is 26.7 Å². The van der Waals surface area contributed by atoms with E-state index in [-0.39, 0.29) is 5.60 Å². The van der Waals surface area contributed by atoms with Gasteiger partial charge in [0.05, 0.1) is 5.60 Å². The van der Waals surface area contributed by atoms with E-state index >= 15 is 0 Å². The topological polar surface area (TPSA) is 30.5 Å². The first-order valence-corrected chi connectivity index (χ1v) is 6.71. The van der Waals surface area contributed by atoms with Gasteiger partial charge in [-0.25, -0.2) is 0 Å². The largest absolute Gasteiger partial charge is 0.492 e. The van der Waals surface area contributed by atoms with Gasteiger partial charge in [0.15, 0.2) is 0 Å². The van der Waals surface area contributed by atoms with Crippen molar-refractivity contribution in [1.82, 2.24) is 5.32 Å². The van der Waals surface area contributed by atoms with Crippen LogP contribution in [0.25, 0.3) is 0 Å². The van der Waals surface area contributed by atoms with Crippen molar-refractivity contribution in [2.24, 2.45) is 0 Å². The lowest BCUT2D eigenvalue weighted by atomic mass is 9.94. The van der Waals surface area contributed by atoms with Gasteiger partial charge in [-0.15, -0.1) is 0 Å². The van der Waals surface area contributed by atoms with Crippen LogP contribution in [0.2, 0.25) is 0 Å². The summed E-state index contributed by atoms with van der Waals surface area (Å²) in [5, 5.41) is 3.54. The van der Waals surface area contributed by atoms with E-state index in [2.05, 4.69) is 19.2 Å². The highest BCUT2D eigenvalue weighted by Gasteiger charge is 2.28. The molecule has 2 rings (SSSR count). The fourth-order valence-electron chi connectivity index (χ4n) is 2.35. The fourth-order valence-corrected chi connectivity index (χ4v) is 2.35. The van der Waals surface area contributed by atoms with Gasteiger partial charge < -0.3 is 14.8 Å². The number of hydrogen-bond donors (Lipinski definition) is 1. The average molecular weight is 249 g/mol. The molecule has 1 atom stereocenters. The molecular formula is C15H23NO2. The van der Waals surface area contributed by atoms with Crippen LogP contribution in [0.5, 0.6) is 5.75 Å². The first-order chi connectivity index (χ1) is 8.66. The maximum absolute atomic E-state index is 5.70. The Kier molecular flexibility index (Phi) is 4.61. The highest BCUT2D eigenvalue weighted by molar-refractivity contribution is 5.20. The van der Waals surface area contributed by atoms with Gasteiger partial charge in [0, 0.05) is 19.2 Å². The normalized spacial score (nSPS) is 22.7. The molecule has 3 heteroatoms. The molecule has 0 amide bonds. The van der Waals surface area contributed by atoms with Crippen molar-refractivity contribution in [3.8, 4) is 5.75 Å². The Morgan fingerprint density at radius 2 is 2.11 bits per heavy atom. The minimum Gasteiger partial charge on any atom is -0.492 e. The lowest BCUT2D eigenvalue weighted by molar-refractivity contribution is -0.0630. The Morgan fingerprint density at radius 3 is 2.83 bits per heavy atom. The lowest BCUT2D eigenvalue weighted by Gasteiger charge is -2.35. The van der Waals surface area contributed by atoms with Crippen LogP contribution in [-0.2, 0) is 4.74 Å². The van der Waals surface area contributed by atoms with Crippen LogP contribution in [0.4, 0.5) is 0 Å². The van der Waals surface area contributed by atoms with Crippen molar-refractivity contribution in [2.45, 2.75) is 38.3 Å². The zero-order valence-corrected chi connectivity index (χ0v) is 11.3. The van der Waals surface area contributed by atoms with E-state index in [4.69, 9.17) is 9.47 Å². The zero-order valence-electron chi connectivity index (χ0n) is 11.3. The molecule has 1 saturated heterocycles. The van der Waals surface area contributed by atoms with Gasteiger partial charge in [0.1, 0.15) is 12.4 Å². The Labute approximate surface area is 109 Å². The summed E-state index contributed by atoms with van der Waals surface area (Å²) < 4.78 is 11.4. The Bertz CT molecular complexity index is 351. The third-order valence-corrected chi connectivity index (χ3v) is 3.24. The summed E-state index contributed by atoms with van der Waals surface area (Å²) in [6, 6.07) is 10.5. The summed E-state index contributed by atoms with van der Waals surface area (Å²) in [5.41, 5.74) is 0.0101. The number of nitrogens with one attached hydrogen (secondary N) is 1. The SMILES string of the molecule is CC1(C)CC(NCCOc2ccccc2)CCO1. The number of benzene rings is 1. The van der Waals surface area contributed by atoms with E-state index in [1.807, 2.05) is 30.3 Å². The monoisotopic (exact) mass is 249 g/mol. The van der Waals surface area contributed by atoms with Crippen LogP contribution in [0.15, 0.2) is 30.3 Å². The van der Waals surface area contributed by atoms with Crippen molar-refractivity contribution in [3.63, 3.8) is 0 Å². The maximum atomic E-state index is 5.70. The predicted octanol–water partition coefficient (Wildman–Crippen LogP) is 2.61. The van der Waals surface area contributed by atoms with Crippen LogP contribution < -0.4 is 10.1 Å². The molecule has 100 valence electrons. The third-order valence-electron chi connectivity index (χ3n) is 3.24. The van der Waals surface area contributed by atoms with Gasteiger partial charge in [-0.1, -0.05) is 18.2 Å². The van der Waals surface area contributed by atoms with Gasteiger partial charge >= 0.3 is 0 Å². The molecule has 0 aliphatic carbocycles. The van der Waals surface area contributed by atoms with Gasteiger partial charge in [0.25, 0.3) is 0 Å². The molecule has 1 unspecified atom stereocenters. The van der Waals surface area contributed by atoms with Gasteiger partial charge in [-0.2, -0.15) is 0 Å². The number of hydrogen-bond acceptors (Lipinski definition) is 3. The van der Waals surface area contributed by atoms with Gasteiger partial charge in [-0.05, 0) is 38.8 Å². The molecular weight excluding hydrogens is 226 g/mol. The van der Waals surface area contributed by atoms with Crippen LogP contribution in [-0.4, -0.2) is 31.4 Å². The number of para-hydroxylation sites is 1. The average Bonchev–Trinajstić information content (AvgIpc) is 2.35. The quantitative estimate of drug-likeness (QED) is 0.814. The summed E-state index contributed by atoms with van der Waals surface area (Å²) in [6.45, 7) is 6.75. The summed E-state index contributed by atoms with van der Waals surface area (Å²) in [5.74, 6) is 0.937. The third kappa shape index (κ3) is 4.31. The standard InChI is InChI=1S/C15H23NO2/c1-15(2)12-13(8-10-18-15)16-9-11-17-14-6-4-3-5-7-14/h3-7,13,16H,8-12H2,1-2H3. The molecule has 18 heavy (non-hydrogen) atoms. The smallest absolute Gasteiger partial charge is 0.119 e. The van der Waals surface area contributed by atoms with E-state index in [9.17, 15) is 0 Å². The Hall–Kier alpha value is -1.06. The minimum absolute atomic E-state index is 0.0101. The highest BCUT2D eigenvalue weighted by Crippen LogP contribution is 2.23. The molecule has 1 heterocycles. The number of rotatable bonds is 5. The van der Waals surface area contributed by atoms with E-state index < -0.39 is 0 Å². The van der Waals surface area contributed by atoms with Crippen LogP contribution >= 0.6 is 0 Å². The van der Waals surface area contributed by atoms with Crippen molar-refractivity contribution >= 4 is 0 Å². The summed E-state index contributed by atoms with van der Waals surface area (Å²) in [6.07, 6.45) is 2.16. The molecule has 1 fully saturated rings. The van der Waals surface area contributed by atoms with Crippen molar-refractivity contribution < 1.29 is 9.47 Å². The molecule has 0 bridgehead atoms. The lowest BCUT2D eigenvalue weighted by Crippen LogP contribution is -2.44. The molecule has 1 aliphatic heterocycles. The molecule has 1 N–H and O–H groups in total. The second-order valence-corrected chi connectivity index (χ2v) is 5.41. The van der Waals surface area contributed by atoms with Crippen molar-refractivity contribution in [3.05, 3.63) is 30.3 Å². The second kappa shape index (κ2) is 6.21. The number of ether oxygens (including phenoxy) is 2.